The van der Waals surface area contributed by atoms with Crippen LogP contribution in [0.15, 0.2) is 24.3 Å². The predicted octanol–water partition coefficient (Wildman–Crippen LogP) is 1.56. The molecule has 0 spiro atoms. The molecule has 0 bridgehead atoms. The maximum Gasteiger partial charge on any atom is 0.260 e. The molecule has 1 fully saturated rings. The largest absolute Gasteiger partial charge is 0.484 e. The number of fused-ring (bicyclic) bond motifs is 1. The number of carbonyl (C=O) groups is 2. The average molecular weight is 401 g/mol. The maximum absolute atomic E-state index is 12.9. The lowest BCUT2D eigenvalue weighted by Crippen LogP contribution is -2.42. The molecule has 0 unspecified atom stereocenters. The highest BCUT2D eigenvalue weighted by atomic mass is 19.1. The lowest BCUT2D eigenvalue weighted by molar-refractivity contribution is -0.135. The van der Waals surface area contributed by atoms with Gasteiger partial charge in [0.25, 0.3) is 5.91 Å². The number of nitrogens with zero attached hydrogens (tertiary/aromatic N) is 5. The quantitative estimate of drug-likeness (QED) is 0.777. The van der Waals surface area contributed by atoms with E-state index in [2.05, 4.69) is 14.8 Å². The van der Waals surface area contributed by atoms with Crippen molar-refractivity contribution in [1.29, 1.82) is 0 Å². The van der Waals surface area contributed by atoms with Gasteiger partial charge in [-0.25, -0.2) is 4.39 Å². The lowest BCUT2D eigenvalue weighted by Gasteiger charge is -2.33. The second kappa shape index (κ2) is 8.18. The number of hydrogen-bond acceptors (Lipinski definition) is 5. The Labute approximate surface area is 168 Å². The SMILES string of the molecule is CC(=O)N1CCC[C@@H](c2nnc3n2CCN(C(=O)COc2ccc(F)cc2)C3)C1. The molecule has 4 rings (SSSR count). The number of likely N-dealkylation sites (tertiary alicyclic amines) is 1. The number of piperidine rings is 1. The van der Waals surface area contributed by atoms with E-state index in [-0.39, 0.29) is 30.2 Å². The van der Waals surface area contributed by atoms with Crippen molar-refractivity contribution in [3.8, 4) is 5.75 Å². The molecule has 0 radical (unpaired) electrons. The smallest absolute Gasteiger partial charge is 0.260 e. The zero-order chi connectivity index (χ0) is 20.4. The van der Waals surface area contributed by atoms with E-state index in [9.17, 15) is 14.0 Å². The minimum Gasteiger partial charge on any atom is -0.484 e. The molecule has 9 heteroatoms. The van der Waals surface area contributed by atoms with Crippen LogP contribution >= 0.6 is 0 Å². The molecule has 0 aliphatic carbocycles. The van der Waals surface area contributed by atoms with Crippen molar-refractivity contribution in [3.63, 3.8) is 0 Å². The van der Waals surface area contributed by atoms with Gasteiger partial charge >= 0.3 is 0 Å². The molecule has 154 valence electrons. The average Bonchev–Trinajstić information content (AvgIpc) is 3.16. The first-order valence-corrected chi connectivity index (χ1v) is 9.85. The fourth-order valence-electron chi connectivity index (χ4n) is 3.94. The third kappa shape index (κ3) is 4.23. The summed E-state index contributed by atoms with van der Waals surface area (Å²) in [5, 5.41) is 8.68. The highest BCUT2D eigenvalue weighted by Gasteiger charge is 2.31. The number of rotatable bonds is 4. The van der Waals surface area contributed by atoms with Crippen molar-refractivity contribution in [3.05, 3.63) is 41.7 Å². The molecule has 8 nitrogen and oxygen atoms in total. The van der Waals surface area contributed by atoms with Crippen molar-refractivity contribution >= 4 is 11.8 Å². The third-order valence-corrected chi connectivity index (χ3v) is 5.54. The Morgan fingerprint density at radius 1 is 1.14 bits per heavy atom. The Balaban J connectivity index is 1.37. The Kier molecular flexibility index (Phi) is 5.46. The highest BCUT2D eigenvalue weighted by Crippen LogP contribution is 2.27. The monoisotopic (exact) mass is 401 g/mol. The highest BCUT2D eigenvalue weighted by molar-refractivity contribution is 5.77. The van der Waals surface area contributed by atoms with Crippen LogP contribution in [0.1, 0.15) is 37.3 Å². The number of halogens is 1. The van der Waals surface area contributed by atoms with Crippen LogP contribution < -0.4 is 4.74 Å². The molecule has 2 amide bonds. The summed E-state index contributed by atoms with van der Waals surface area (Å²) in [5.41, 5.74) is 0. The van der Waals surface area contributed by atoms with Crippen LogP contribution in [0.4, 0.5) is 4.39 Å². The molecule has 2 aliphatic heterocycles. The summed E-state index contributed by atoms with van der Waals surface area (Å²) in [5.74, 6) is 1.88. The van der Waals surface area contributed by atoms with E-state index in [0.29, 0.717) is 31.9 Å². The number of benzene rings is 1. The summed E-state index contributed by atoms with van der Waals surface area (Å²) in [7, 11) is 0. The first-order chi connectivity index (χ1) is 14.0. The van der Waals surface area contributed by atoms with Gasteiger partial charge in [0.1, 0.15) is 17.4 Å². The van der Waals surface area contributed by atoms with E-state index in [1.54, 1.807) is 11.8 Å². The molecule has 1 aromatic heterocycles. The molecule has 2 aliphatic rings. The van der Waals surface area contributed by atoms with E-state index < -0.39 is 0 Å². The van der Waals surface area contributed by atoms with E-state index in [4.69, 9.17) is 4.74 Å². The van der Waals surface area contributed by atoms with Crippen molar-refractivity contribution in [1.82, 2.24) is 24.6 Å². The van der Waals surface area contributed by atoms with Crippen molar-refractivity contribution < 1.29 is 18.7 Å². The second-order valence-corrected chi connectivity index (χ2v) is 7.49. The molecule has 0 N–H and O–H groups in total. The topological polar surface area (TPSA) is 80.6 Å². The number of hydrogen-bond donors (Lipinski definition) is 0. The fourth-order valence-corrected chi connectivity index (χ4v) is 3.94. The Bertz CT molecular complexity index is 898. The second-order valence-electron chi connectivity index (χ2n) is 7.49. The zero-order valence-corrected chi connectivity index (χ0v) is 16.4. The standard InChI is InChI=1S/C20H24FN5O3/c1-14(27)24-8-2-3-15(11-24)20-23-22-18-12-25(9-10-26(18)20)19(28)13-29-17-6-4-16(21)5-7-17/h4-7,15H,2-3,8-13H2,1H3/t15-/m1/s1. The number of aromatic nitrogens is 3. The number of amides is 2. The van der Waals surface area contributed by atoms with Crippen LogP contribution in [-0.2, 0) is 22.7 Å². The zero-order valence-electron chi connectivity index (χ0n) is 16.4. The van der Waals surface area contributed by atoms with Crippen molar-refractivity contribution in [2.75, 3.05) is 26.2 Å². The van der Waals surface area contributed by atoms with Gasteiger partial charge in [0.2, 0.25) is 5.91 Å². The van der Waals surface area contributed by atoms with Crippen LogP contribution in [0, 0.1) is 5.82 Å². The summed E-state index contributed by atoms with van der Waals surface area (Å²) in [6, 6.07) is 5.58. The van der Waals surface area contributed by atoms with E-state index >= 15 is 0 Å². The van der Waals surface area contributed by atoms with Crippen molar-refractivity contribution in [2.24, 2.45) is 0 Å². The van der Waals surface area contributed by atoms with Crippen LogP contribution in [-0.4, -0.2) is 62.6 Å². The minimum atomic E-state index is -0.348. The van der Waals surface area contributed by atoms with Gasteiger partial charge < -0.3 is 19.1 Å². The molecule has 1 atom stereocenters. The molecule has 3 heterocycles. The van der Waals surface area contributed by atoms with Crippen molar-refractivity contribution in [2.45, 2.75) is 38.8 Å². The van der Waals surface area contributed by atoms with E-state index in [0.717, 1.165) is 31.0 Å². The first-order valence-electron chi connectivity index (χ1n) is 9.85. The summed E-state index contributed by atoms with van der Waals surface area (Å²) in [6.45, 7) is 4.50. The number of carbonyl (C=O) groups excluding carboxylic acids is 2. The van der Waals surface area contributed by atoms with Gasteiger partial charge in [-0.2, -0.15) is 0 Å². The minimum absolute atomic E-state index is 0.0889. The number of ether oxygens (including phenoxy) is 1. The summed E-state index contributed by atoms with van der Waals surface area (Å²) < 4.78 is 20.5. The van der Waals surface area contributed by atoms with Gasteiger partial charge in [0.15, 0.2) is 12.4 Å². The van der Waals surface area contributed by atoms with Gasteiger partial charge in [-0.15, -0.1) is 10.2 Å². The van der Waals surface area contributed by atoms with E-state index in [1.807, 2.05) is 4.90 Å². The molecule has 1 saturated heterocycles. The molecule has 1 aromatic carbocycles. The molecular formula is C20H24FN5O3. The van der Waals surface area contributed by atoms with Gasteiger partial charge in [0, 0.05) is 39.0 Å². The summed E-state index contributed by atoms with van der Waals surface area (Å²) >= 11 is 0. The van der Waals surface area contributed by atoms with Gasteiger partial charge in [-0.1, -0.05) is 0 Å². The van der Waals surface area contributed by atoms with Gasteiger partial charge in [-0.3, -0.25) is 9.59 Å². The maximum atomic E-state index is 12.9. The molecular weight excluding hydrogens is 377 g/mol. The molecule has 2 aromatic rings. The first kappa shape index (κ1) is 19.4. The Morgan fingerprint density at radius 2 is 1.93 bits per heavy atom. The van der Waals surface area contributed by atoms with Crippen LogP contribution in [0.25, 0.3) is 0 Å². The lowest BCUT2D eigenvalue weighted by atomic mass is 9.97. The van der Waals surface area contributed by atoms with Gasteiger partial charge in [0.05, 0.1) is 6.54 Å². The third-order valence-electron chi connectivity index (χ3n) is 5.54. The Morgan fingerprint density at radius 3 is 2.69 bits per heavy atom. The van der Waals surface area contributed by atoms with Crippen LogP contribution in [0.5, 0.6) is 5.75 Å². The van der Waals surface area contributed by atoms with Crippen LogP contribution in [0.3, 0.4) is 0 Å². The molecule has 29 heavy (non-hydrogen) atoms. The normalized spacial score (nSPS) is 19.0. The van der Waals surface area contributed by atoms with E-state index in [1.165, 1.54) is 24.3 Å². The van der Waals surface area contributed by atoms with Crippen LogP contribution in [0.2, 0.25) is 0 Å². The van der Waals surface area contributed by atoms with Gasteiger partial charge in [-0.05, 0) is 37.1 Å². The fraction of sp³-hybridized carbons (Fsp3) is 0.500. The predicted molar refractivity (Wildman–Crippen MR) is 102 cm³/mol. The molecule has 0 saturated carbocycles. The summed E-state index contributed by atoms with van der Waals surface area (Å²) in [6.07, 6.45) is 1.94. The Hall–Kier alpha value is -2.97. The summed E-state index contributed by atoms with van der Waals surface area (Å²) in [4.78, 5) is 27.8.